The first-order valence-corrected chi connectivity index (χ1v) is 9.24. The van der Waals surface area contributed by atoms with Crippen molar-refractivity contribution in [2.24, 2.45) is 0 Å². The van der Waals surface area contributed by atoms with E-state index in [0.717, 1.165) is 22.8 Å². The molecule has 2 aromatic rings. The molecule has 0 fully saturated rings. The minimum atomic E-state index is -0.726. The zero-order valence-corrected chi connectivity index (χ0v) is 16.4. The van der Waals surface area contributed by atoms with Crippen LogP contribution < -0.4 is 10.8 Å². The Morgan fingerprint density at radius 1 is 1.31 bits per heavy atom. The number of allylic oxidation sites excluding steroid dienone is 1. The van der Waals surface area contributed by atoms with Crippen LogP contribution >= 0.6 is 0 Å². The molecule has 8 heteroatoms. The van der Waals surface area contributed by atoms with E-state index in [1.165, 1.54) is 18.3 Å². The number of hydrogen-bond acceptors (Lipinski definition) is 5. The number of amides is 1. The molecule has 0 radical (unpaired) electrons. The van der Waals surface area contributed by atoms with Gasteiger partial charge in [0.1, 0.15) is 17.3 Å². The van der Waals surface area contributed by atoms with Crippen LogP contribution in [0.3, 0.4) is 0 Å². The maximum Gasteiger partial charge on any atom is 0.293 e. The molecule has 1 amide bonds. The van der Waals surface area contributed by atoms with Gasteiger partial charge in [-0.3, -0.25) is 15.0 Å². The lowest BCUT2D eigenvalue weighted by atomic mass is 9.98. The molecule has 0 saturated heterocycles. The Bertz CT molecular complexity index is 887. The zero-order valence-electron chi connectivity index (χ0n) is 16.4. The molecule has 0 bridgehead atoms. The second-order valence-electron chi connectivity index (χ2n) is 6.79. The Morgan fingerprint density at radius 3 is 2.72 bits per heavy atom. The van der Waals surface area contributed by atoms with Crippen LogP contribution in [0.25, 0.3) is 5.57 Å². The maximum absolute atomic E-state index is 13.9. The number of aryl methyl sites for hydroxylation is 2. The van der Waals surface area contributed by atoms with Crippen molar-refractivity contribution < 1.29 is 23.9 Å². The highest BCUT2D eigenvalue weighted by atomic mass is 19.1. The summed E-state index contributed by atoms with van der Waals surface area (Å²) in [5.41, 5.74) is 4.42. The molecule has 1 heterocycles. The van der Waals surface area contributed by atoms with Gasteiger partial charge in [-0.2, -0.15) is 0 Å². The number of carbonyl (C=O) groups is 1. The number of aliphatic hydroxyl groups is 1. The van der Waals surface area contributed by atoms with Gasteiger partial charge in [0.15, 0.2) is 0 Å². The van der Waals surface area contributed by atoms with Crippen molar-refractivity contribution >= 4 is 11.5 Å². The Morgan fingerprint density at radius 2 is 2.07 bits per heavy atom. The van der Waals surface area contributed by atoms with E-state index in [1.54, 1.807) is 11.5 Å². The van der Waals surface area contributed by atoms with Crippen molar-refractivity contribution in [2.75, 3.05) is 13.2 Å². The second kappa shape index (κ2) is 10.8. The van der Waals surface area contributed by atoms with Crippen LogP contribution in [0.2, 0.25) is 0 Å². The number of aliphatic hydroxyl groups excluding tert-OH is 1. The molecule has 1 aromatic carbocycles. The van der Waals surface area contributed by atoms with E-state index < -0.39 is 17.5 Å². The predicted octanol–water partition coefficient (Wildman–Crippen LogP) is 2.77. The average molecular weight is 405 g/mol. The van der Waals surface area contributed by atoms with Gasteiger partial charge in [0.05, 0.1) is 6.61 Å². The van der Waals surface area contributed by atoms with Crippen molar-refractivity contribution in [3.63, 3.8) is 0 Å². The first-order chi connectivity index (χ1) is 13.8. The number of halogens is 2. The van der Waals surface area contributed by atoms with Crippen LogP contribution in [-0.4, -0.2) is 40.4 Å². The number of nitrogens with one attached hydrogen (secondary N) is 2. The molecule has 1 aromatic heterocycles. The molecule has 0 saturated carbocycles. The summed E-state index contributed by atoms with van der Waals surface area (Å²) in [5, 5.41) is 21.3. The van der Waals surface area contributed by atoms with E-state index in [-0.39, 0.29) is 18.3 Å². The third-order valence-corrected chi connectivity index (χ3v) is 4.52. The fourth-order valence-electron chi connectivity index (χ4n) is 2.80. The normalized spacial score (nSPS) is 12.7. The summed E-state index contributed by atoms with van der Waals surface area (Å²) in [6.07, 6.45) is 4.29. The Balaban J connectivity index is 2.28. The van der Waals surface area contributed by atoms with Gasteiger partial charge < -0.3 is 10.4 Å². The number of pyridine rings is 1. The highest BCUT2D eigenvalue weighted by molar-refractivity contribution is 5.92. The second-order valence-corrected chi connectivity index (χ2v) is 6.79. The van der Waals surface area contributed by atoms with E-state index in [2.05, 4.69) is 10.3 Å². The first-order valence-electron chi connectivity index (χ1n) is 9.24. The van der Waals surface area contributed by atoms with E-state index in [1.807, 2.05) is 19.9 Å². The van der Waals surface area contributed by atoms with Crippen LogP contribution in [0.4, 0.5) is 8.78 Å². The molecule has 0 aliphatic carbocycles. The summed E-state index contributed by atoms with van der Waals surface area (Å²) in [7, 11) is 0. The molecule has 6 nitrogen and oxygen atoms in total. The Labute approximate surface area is 168 Å². The molecule has 0 spiro atoms. The van der Waals surface area contributed by atoms with Crippen molar-refractivity contribution in [3.05, 3.63) is 70.6 Å². The predicted molar refractivity (Wildman–Crippen MR) is 105 cm³/mol. The highest BCUT2D eigenvalue weighted by Gasteiger charge is 2.13. The summed E-state index contributed by atoms with van der Waals surface area (Å²) in [4.78, 5) is 15.7. The van der Waals surface area contributed by atoms with Crippen molar-refractivity contribution in [2.45, 2.75) is 32.7 Å². The highest BCUT2D eigenvalue weighted by Crippen LogP contribution is 2.21. The molecular weight excluding hydrogens is 380 g/mol. The quantitative estimate of drug-likeness (QED) is 0.380. The molecule has 29 heavy (non-hydrogen) atoms. The molecule has 0 aliphatic heterocycles. The third-order valence-electron chi connectivity index (χ3n) is 4.52. The summed E-state index contributed by atoms with van der Waals surface area (Å²) >= 11 is 0. The van der Waals surface area contributed by atoms with Crippen molar-refractivity contribution in [3.8, 4) is 0 Å². The molecule has 1 atom stereocenters. The monoisotopic (exact) mass is 405 g/mol. The lowest BCUT2D eigenvalue weighted by Crippen LogP contribution is -2.30. The van der Waals surface area contributed by atoms with Gasteiger partial charge in [-0.15, -0.1) is 0 Å². The first kappa shape index (κ1) is 22.6. The zero-order chi connectivity index (χ0) is 21.4. The fraction of sp³-hybridized carbons (Fsp3) is 0.333. The van der Waals surface area contributed by atoms with Crippen molar-refractivity contribution in [1.29, 1.82) is 0 Å². The Hall–Kier alpha value is -2.68. The number of carbonyl (C=O) groups excluding carboxylic acids is 1. The van der Waals surface area contributed by atoms with Crippen LogP contribution in [-0.2, 0) is 6.42 Å². The van der Waals surface area contributed by atoms with Crippen molar-refractivity contribution in [1.82, 2.24) is 15.8 Å². The van der Waals surface area contributed by atoms with Gasteiger partial charge in [0.25, 0.3) is 5.91 Å². The summed E-state index contributed by atoms with van der Waals surface area (Å²) in [6.45, 7) is 4.03. The number of aromatic nitrogens is 1. The summed E-state index contributed by atoms with van der Waals surface area (Å²) in [6, 6.07) is 4.93. The summed E-state index contributed by atoms with van der Waals surface area (Å²) < 4.78 is 26.9. The van der Waals surface area contributed by atoms with E-state index in [4.69, 9.17) is 5.21 Å². The van der Waals surface area contributed by atoms with Crippen LogP contribution in [0.5, 0.6) is 0 Å². The Kier molecular flexibility index (Phi) is 8.38. The van der Waals surface area contributed by atoms with Gasteiger partial charge in [-0.25, -0.2) is 14.3 Å². The molecule has 2 rings (SSSR count). The van der Waals surface area contributed by atoms with E-state index in [0.29, 0.717) is 24.9 Å². The lowest BCUT2D eigenvalue weighted by Gasteiger charge is -2.16. The molecule has 1 unspecified atom stereocenters. The lowest BCUT2D eigenvalue weighted by molar-refractivity contribution is 0.0700. The largest absolute Gasteiger partial charge is 0.395 e. The van der Waals surface area contributed by atoms with E-state index in [9.17, 15) is 18.7 Å². The molecule has 156 valence electrons. The minimum absolute atomic E-state index is 0.0401. The smallest absolute Gasteiger partial charge is 0.293 e. The number of hydroxylamine groups is 1. The van der Waals surface area contributed by atoms with Gasteiger partial charge in [-0.1, -0.05) is 12.1 Å². The number of hydrogen-bond donors (Lipinski definition) is 4. The standard InChI is InChI=1S/C21H25F2N3O3/c1-13-10-25-20(21(28)26-29)9-18(13)16(11-24-14(2)12-27)5-3-4-15-6-7-17(22)8-19(15)23/h5-10,14,24,27,29H,3-4,11-12H2,1-2H3,(H,26,28)/b16-5-. The molecule has 4 N–H and O–H groups in total. The third kappa shape index (κ3) is 6.42. The van der Waals surface area contributed by atoms with Gasteiger partial charge in [0.2, 0.25) is 0 Å². The number of benzene rings is 1. The summed E-state index contributed by atoms with van der Waals surface area (Å²) in [5.74, 6) is -1.93. The molecule has 0 aliphatic rings. The topological polar surface area (TPSA) is 94.5 Å². The SMILES string of the molecule is Cc1cnc(C(=O)NO)cc1/C(=C\CCc1ccc(F)cc1F)CNC(C)CO. The average Bonchev–Trinajstić information content (AvgIpc) is 2.71. The number of rotatable bonds is 9. The number of nitrogens with zero attached hydrogens (tertiary/aromatic N) is 1. The van der Waals surface area contributed by atoms with E-state index >= 15 is 0 Å². The maximum atomic E-state index is 13.9. The minimum Gasteiger partial charge on any atom is -0.395 e. The van der Waals surface area contributed by atoms with Crippen LogP contribution in [0.15, 0.2) is 36.5 Å². The van der Waals surface area contributed by atoms with Gasteiger partial charge >= 0.3 is 0 Å². The molecular formula is C21H25F2N3O3. The fourth-order valence-corrected chi connectivity index (χ4v) is 2.80. The van der Waals surface area contributed by atoms with Gasteiger partial charge in [-0.05, 0) is 61.1 Å². The van der Waals surface area contributed by atoms with Crippen LogP contribution in [0, 0.1) is 18.6 Å². The van der Waals surface area contributed by atoms with Crippen LogP contribution in [0.1, 0.15) is 40.5 Å². The van der Waals surface area contributed by atoms with Gasteiger partial charge in [0, 0.05) is 24.8 Å².